The van der Waals surface area contributed by atoms with Gasteiger partial charge in [0.2, 0.25) is 26.0 Å². The van der Waals surface area contributed by atoms with Crippen molar-refractivity contribution in [1.29, 1.82) is 0 Å². The van der Waals surface area contributed by atoms with E-state index in [4.69, 9.17) is 9.47 Å². The summed E-state index contributed by atoms with van der Waals surface area (Å²) in [5.74, 6) is 0.197. The van der Waals surface area contributed by atoms with Gasteiger partial charge >= 0.3 is 0 Å². The fourth-order valence-corrected chi connectivity index (χ4v) is 5.86. The number of rotatable bonds is 8. The molecule has 0 radical (unpaired) electrons. The molecule has 10 nitrogen and oxygen atoms in total. The maximum Gasteiger partial charge on any atom is 0.243 e. The highest BCUT2D eigenvalue weighted by Crippen LogP contribution is 2.21. The van der Waals surface area contributed by atoms with E-state index in [1.165, 1.54) is 27.0 Å². The zero-order chi connectivity index (χ0) is 22.5. The summed E-state index contributed by atoms with van der Waals surface area (Å²) in [6.45, 7) is 2.72. The molecule has 174 valence electrons. The number of carbonyl (C=O) groups is 1. The highest BCUT2D eigenvalue weighted by Gasteiger charge is 2.29. The third kappa shape index (κ3) is 6.39. The van der Waals surface area contributed by atoms with Gasteiger partial charge in [-0.25, -0.2) is 21.1 Å². The Bertz CT molecular complexity index is 951. The molecule has 31 heavy (non-hydrogen) atoms. The average molecular weight is 476 g/mol. The van der Waals surface area contributed by atoms with Gasteiger partial charge in [-0.3, -0.25) is 4.79 Å². The molecule has 0 saturated carbocycles. The first-order chi connectivity index (χ1) is 14.7. The lowest BCUT2D eigenvalue weighted by Gasteiger charge is -2.29. The van der Waals surface area contributed by atoms with E-state index < -0.39 is 20.0 Å². The summed E-state index contributed by atoms with van der Waals surface area (Å²) in [4.78, 5) is 12.5. The molecule has 2 fully saturated rings. The molecule has 0 atom stereocenters. The molecule has 12 heteroatoms. The van der Waals surface area contributed by atoms with Gasteiger partial charge in [0.1, 0.15) is 12.4 Å². The van der Waals surface area contributed by atoms with Gasteiger partial charge in [0.15, 0.2) is 0 Å². The molecule has 3 rings (SSSR count). The second-order valence-electron chi connectivity index (χ2n) is 7.56. The predicted molar refractivity (Wildman–Crippen MR) is 114 cm³/mol. The molecule has 0 aliphatic carbocycles. The molecule has 0 unspecified atom stereocenters. The van der Waals surface area contributed by atoms with Crippen molar-refractivity contribution in [2.24, 2.45) is 5.92 Å². The smallest absolute Gasteiger partial charge is 0.243 e. The van der Waals surface area contributed by atoms with Crippen LogP contribution in [0.1, 0.15) is 12.8 Å². The fourth-order valence-electron chi connectivity index (χ4n) is 3.58. The zero-order valence-electron chi connectivity index (χ0n) is 17.5. The zero-order valence-corrected chi connectivity index (χ0v) is 19.2. The number of hydrogen-bond donors (Lipinski definition) is 1. The first kappa shape index (κ1) is 23.9. The van der Waals surface area contributed by atoms with Gasteiger partial charge in [-0.05, 0) is 37.1 Å². The molecular weight excluding hydrogens is 446 g/mol. The average Bonchev–Trinajstić information content (AvgIpc) is 2.77. The summed E-state index contributed by atoms with van der Waals surface area (Å²) in [5.41, 5.74) is 0. The van der Waals surface area contributed by atoms with E-state index in [0.29, 0.717) is 64.5 Å². The van der Waals surface area contributed by atoms with Crippen LogP contribution in [-0.2, 0) is 29.6 Å². The minimum absolute atomic E-state index is 0.108. The summed E-state index contributed by atoms with van der Waals surface area (Å²) in [5, 5.41) is 2.81. The normalized spacial score (nSPS) is 19.8. The largest absolute Gasteiger partial charge is 0.492 e. The van der Waals surface area contributed by atoms with Crippen molar-refractivity contribution in [3.05, 3.63) is 24.3 Å². The van der Waals surface area contributed by atoms with Gasteiger partial charge in [-0.1, -0.05) is 0 Å². The maximum atomic E-state index is 12.6. The molecule has 2 heterocycles. The molecule has 1 aromatic rings. The van der Waals surface area contributed by atoms with E-state index in [-0.39, 0.29) is 23.3 Å². The Morgan fingerprint density at radius 3 is 2.23 bits per heavy atom. The Kier molecular flexibility index (Phi) is 7.92. The Morgan fingerprint density at radius 2 is 1.65 bits per heavy atom. The van der Waals surface area contributed by atoms with Crippen LogP contribution in [0.3, 0.4) is 0 Å². The van der Waals surface area contributed by atoms with Crippen molar-refractivity contribution in [2.75, 3.05) is 58.8 Å². The van der Waals surface area contributed by atoms with E-state index in [1.807, 2.05) is 0 Å². The summed E-state index contributed by atoms with van der Waals surface area (Å²) in [7, 11) is -6.75. The third-order valence-electron chi connectivity index (χ3n) is 5.40. The van der Waals surface area contributed by atoms with Gasteiger partial charge in [0, 0.05) is 32.1 Å². The highest BCUT2D eigenvalue weighted by atomic mass is 32.2. The first-order valence-electron chi connectivity index (χ1n) is 10.2. The van der Waals surface area contributed by atoms with Crippen LogP contribution in [0.15, 0.2) is 29.2 Å². The first-order valence-corrected chi connectivity index (χ1v) is 13.5. The number of carbonyl (C=O) groups excluding carboxylic acids is 1. The minimum atomic E-state index is -3.54. The summed E-state index contributed by atoms with van der Waals surface area (Å²) in [6.07, 6.45) is 2.17. The van der Waals surface area contributed by atoms with Crippen LogP contribution >= 0.6 is 0 Å². The second-order valence-corrected chi connectivity index (χ2v) is 11.5. The molecule has 1 aromatic carbocycles. The molecule has 0 spiro atoms. The summed E-state index contributed by atoms with van der Waals surface area (Å²) < 4.78 is 61.9. The molecule has 1 N–H and O–H groups in total. The minimum Gasteiger partial charge on any atom is -0.492 e. The maximum absolute atomic E-state index is 12.6. The van der Waals surface area contributed by atoms with Crippen LogP contribution in [0.2, 0.25) is 0 Å². The van der Waals surface area contributed by atoms with E-state index >= 15 is 0 Å². The van der Waals surface area contributed by atoms with Gasteiger partial charge in [0.05, 0.1) is 30.9 Å². The lowest BCUT2D eigenvalue weighted by atomic mass is 9.97. The SMILES string of the molecule is CS(=O)(=O)N1CCC(C(=O)NCCOc2ccc(S(=O)(=O)N3CCOCC3)cc2)CC1. The molecule has 2 aliphatic heterocycles. The Labute approximate surface area is 183 Å². The molecular formula is C19H29N3O7S2. The number of nitrogens with one attached hydrogen (secondary N) is 1. The number of ether oxygens (including phenoxy) is 2. The lowest BCUT2D eigenvalue weighted by Crippen LogP contribution is -2.43. The van der Waals surface area contributed by atoms with Crippen molar-refractivity contribution in [1.82, 2.24) is 13.9 Å². The van der Waals surface area contributed by atoms with Crippen LogP contribution in [0.4, 0.5) is 0 Å². The fraction of sp³-hybridized carbons (Fsp3) is 0.632. The number of sulfonamides is 2. The second kappa shape index (κ2) is 10.3. The molecule has 0 bridgehead atoms. The molecule has 2 aliphatic rings. The Morgan fingerprint density at radius 1 is 1.03 bits per heavy atom. The van der Waals surface area contributed by atoms with Crippen LogP contribution in [0.5, 0.6) is 5.75 Å². The number of morpholine rings is 1. The predicted octanol–water partition coefficient (Wildman–Crippen LogP) is -0.126. The molecule has 1 amide bonds. The van der Waals surface area contributed by atoms with E-state index in [0.717, 1.165) is 0 Å². The van der Waals surface area contributed by atoms with Crippen molar-refractivity contribution in [3.8, 4) is 5.75 Å². The molecule has 0 aromatic heterocycles. The molecule has 2 saturated heterocycles. The standard InChI is InChI=1S/C19H29N3O7S2/c1-30(24,25)21-9-6-16(7-10-21)19(23)20-8-13-29-17-2-4-18(5-3-17)31(26,27)22-11-14-28-15-12-22/h2-5,16H,6-15H2,1H3,(H,20,23). The van der Waals surface area contributed by atoms with Gasteiger partial charge < -0.3 is 14.8 Å². The number of benzene rings is 1. The summed E-state index contributed by atoms with van der Waals surface area (Å²) in [6, 6.07) is 6.20. The quantitative estimate of drug-likeness (QED) is 0.520. The monoisotopic (exact) mass is 475 g/mol. The van der Waals surface area contributed by atoms with Gasteiger partial charge in [0.25, 0.3) is 0 Å². The number of nitrogens with zero attached hydrogens (tertiary/aromatic N) is 2. The van der Waals surface area contributed by atoms with E-state index in [1.54, 1.807) is 12.1 Å². The number of hydrogen-bond acceptors (Lipinski definition) is 7. The number of piperidine rings is 1. The third-order valence-corrected chi connectivity index (χ3v) is 8.61. The van der Waals surface area contributed by atoms with Crippen LogP contribution in [0, 0.1) is 5.92 Å². The Hall–Kier alpha value is -1.73. The number of amides is 1. The van der Waals surface area contributed by atoms with E-state index in [9.17, 15) is 21.6 Å². The van der Waals surface area contributed by atoms with Crippen molar-refractivity contribution >= 4 is 26.0 Å². The van der Waals surface area contributed by atoms with E-state index in [2.05, 4.69) is 5.32 Å². The van der Waals surface area contributed by atoms with Gasteiger partial charge in [-0.15, -0.1) is 0 Å². The van der Waals surface area contributed by atoms with Crippen molar-refractivity contribution in [2.45, 2.75) is 17.7 Å². The lowest BCUT2D eigenvalue weighted by molar-refractivity contribution is -0.126. The van der Waals surface area contributed by atoms with Crippen molar-refractivity contribution in [3.63, 3.8) is 0 Å². The Balaban J connectivity index is 1.40. The van der Waals surface area contributed by atoms with Crippen LogP contribution in [0.25, 0.3) is 0 Å². The van der Waals surface area contributed by atoms with Gasteiger partial charge in [-0.2, -0.15) is 4.31 Å². The van der Waals surface area contributed by atoms with Crippen LogP contribution < -0.4 is 10.1 Å². The van der Waals surface area contributed by atoms with Crippen LogP contribution in [-0.4, -0.2) is 90.2 Å². The van der Waals surface area contributed by atoms with Crippen molar-refractivity contribution < 1.29 is 31.1 Å². The highest BCUT2D eigenvalue weighted by molar-refractivity contribution is 7.89. The topological polar surface area (TPSA) is 122 Å². The summed E-state index contributed by atoms with van der Waals surface area (Å²) >= 11 is 0.